The molecule has 1 unspecified atom stereocenters. The zero-order chi connectivity index (χ0) is 13.1. The van der Waals surface area contributed by atoms with Crippen molar-refractivity contribution in [1.82, 2.24) is 14.9 Å². The van der Waals surface area contributed by atoms with Gasteiger partial charge < -0.3 is 5.73 Å². The highest BCUT2D eigenvalue weighted by molar-refractivity contribution is 7.09. The molecule has 1 aliphatic rings. The summed E-state index contributed by atoms with van der Waals surface area (Å²) in [5.41, 5.74) is 7.03. The third-order valence-corrected chi connectivity index (χ3v) is 4.37. The SMILES string of the molecule is NCC(c1ccncn1)N(Cc1cccs1)C1CC1. The topological polar surface area (TPSA) is 55.0 Å². The van der Waals surface area contributed by atoms with Gasteiger partial charge in [0.25, 0.3) is 0 Å². The second-order valence-electron chi connectivity index (χ2n) is 4.87. The predicted molar refractivity (Wildman–Crippen MR) is 76.7 cm³/mol. The molecule has 1 saturated carbocycles. The van der Waals surface area contributed by atoms with Crippen molar-refractivity contribution in [2.75, 3.05) is 6.54 Å². The number of thiophene rings is 1. The molecular formula is C14H18N4S. The summed E-state index contributed by atoms with van der Waals surface area (Å²) in [6, 6.07) is 7.12. The van der Waals surface area contributed by atoms with Crippen molar-refractivity contribution in [1.29, 1.82) is 0 Å². The lowest BCUT2D eigenvalue weighted by Gasteiger charge is -2.30. The van der Waals surface area contributed by atoms with Crippen molar-refractivity contribution in [3.8, 4) is 0 Å². The molecule has 2 aromatic rings. The highest BCUT2D eigenvalue weighted by atomic mass is 32.1. The van der Waals surface area contributed by atoms with Gasteiger partial charge in [0.1, 0.15) is 6.33 Å². The molecule has 0 aliphatic heterocycles. The van der Waals surface area contributed by atoms with Crippen LogP contribution in [-0.2, 0) is 6.54 Å². The maximum atomic E-state index is 6.00. The van der Waals surface area contributed by atoms with E-state index in [2.05, 4.69) is 32.4 Å². The van der Waals surface area contributed by atoms with E-state index in [1.807, 2.05) is 6.07 Å². The minimum atomic E-state index is 0.192. The van der Waals surface area contributed by atoms with Crippen LogP contribution >= 0.6 is 11.3 Å². The smallest absolute Gasteiger partial charge is 0.115 e. The molecule has 1 atom stereocenters. The molecule has 5 heteroatoms. The minimum Gasteiger partial charge on any atom is -0.329 e. The van der Waals surface area contributed by atoms with E-state index in [1.165, 1.54) is 17.7 Å². The molecule has 19 heavy (non-hydrogen) atoms. The van der Waals surface area contributed by atoms with E-state index in [9.17, 15) is 0 Å². The Bertz CT molecular complexity index is 495. The van der Waals surface area contributed by atoms with Crippen LogP contribution in [0.15, 0.2) is 36.1 Å². The van der Waals surface area contributed by atoms with Gasteiger partial charge in [-0.05, 0) is 30.4 Å². The van der Waals surface area contributed by atoms with Gasteiger partial charge in [-0.25, -0.2) is 9.97 Å². The Hall–Kier alpha value is -1.30. The molecule has 0 aromatic carbocycles. The molecule has 0 amide bonds. The molecule has 2 aromatic heterocycles. The van der Waals surface area contributed by atoms with Gasteiger partial charge in [-0.15, -0.1) is 11.3 Å². The van der Waals surface area contributed by atoms with Crippen molar-refractivity contribution in [2.45, 2.75) is 31.5 Å². The summed E-state index contributed by atoms with van der Waals surface area (Å²) in [6.07, 6.45) is 5.94. The van der Waals surface area contributed by atoms with Crippen molar-refractivity contribution in [3.63, 3.8) is 0 Å². The largest absolute Gasteiger partial charge is 0.329 e. The van der Waals surface area contributed by atoms with Crippen LogP contribution in [0.4, 0.5) is 0 Å². The van der Waals surface area contributed by atoms with Gasteiger partial charge in [0.15, 0.2) is 0 Å². The standard InChI is InChI=1S/C14H18N4S/c15-8-14(13-5-6-16-10-17-13)18(11-3-4-11)9-12-2-1-7-19-12/h1-2,5-7,10-11,14H,3-4,8-9,15H2. The van der Waals surface area contributed by atoms with Gasteiger partial charge in [-0.1, -0.05) is 6.07 Å². The van der Waals surface area contributed by atoms with Crippen LogP contribution in [0.5, 0.6) is 0 Å². The first kappa shape index (κ1) is 12.7. The van der Waals surface area contributed by atoms with E-state index in [1.54, 1.807) is 23.9 Å². The van der Waals surface area contributed by atoms with Crippen LogP contribution in [0, 0.1) is 0 Å². The van der Waals surface area contributed by atoms with Gasteiger partial charge >= 0.3 is 0 Å². The quantitative estimate of drug-likeness (QED) is 0.877. The number of rotatable bonds is 6. The maximum absolute atomic E-state index is 6.00. The third-order valence-electron chi connectivity index (χ3n) is 3.50. The fourth-order valence-electron chi connectivity index (χ4n) is 2.41. The Morgan fingerprint density at radius 3 is 2.89 bits per heavy atom. The molecule has 0 bridgehead atoms. The van der Waals surface area contributed by atoms with E-state index >= 15 is 0 Å². The first-order valence-electron chi connectivity index (χ1n) is 6.62. The average Bonchev–Trinajstić information content (AvgIpc) is 3.17. The van der Waals surface area contributed by atoms with E-state index in [4.69, 9.17) is 5.73 Å². The first-order chi connectivity index (χ1) is 9.38. The summed E-state index contributed by atoms with van der Waals surface area (Å²) in [5.74, 6) is 0. The van der Waals surface area contributed by atoms with Gasteiger partial charge in [-0.2, -0.15) is 0 Å². The number of aromatic nitrogens is 2. The second-order valence-corrected chi connectivity index (χ2v) is 5.90. The van der Waals surface area contributed by atoms with Gasteiger partial charge in [0, 0.05) is 30.2 Å². The fraction of sp³-hybridized carbons (Fsp3) is 0.429. The van der Waals surface area contributed by atoms with E-state index < -0.39 is 0 Å². The zero-order valence-electron chi connectivity index (χ0n) is 10.8. The molecular weight excluding hydrogens is 256 g/mol. The van der Waals surface area contributed by atoms with Crippen LogP contribution < -0.4 is 5.73 Å². The Balaban J connectivity index is 1.81. The lowest BCUT2D eigenvalue weighted by atomic mass is 10.1. The van der Waals surface area contributed by atoms with E-state index in [0.717, 1.165) is 12.2 Å². The molecule has 1 fully saturated rings. The molecule has 1 aliphatic carbocycles. The van der Waals surface area contributed by atoms with Crippen LogP contribution in [0.1, 0.15) is 29.5 Å². The highest BCUT2D eigenvalue weighted by Crippen LogP contribution is 2.35. The zero-order valence-corrected chi connectivity index (χ0v) is 11.6. The third kappa shape index (κ3) is 3.00. The summed E-state index contributed by atoms with van der Waals surface area (Å²) in [7, 11) is 0. The van der Waals surface area contributed by atoms with E-state index in [-0.39, 0.29) is 6.04 Å². The highest BCUT2D eigenvalue weighted by Gasteiger charge is 2.34. The van der Waals surface area contributed by atoms with Crippen LogP contribution in [0.2, 0.25) is 0 Å². The van der Waals surface area contributed by atoms with Crippen molar-refractivity contribution in [3.05, 3.63) is 46.7 Å². The fourth-order valence-corrected chi connectivity index (χ4v) is 3.12. The van der Waals surface area contributed by atoms with Crippen LogP contribution in [0.3, 0.4) is 0 Å². The van der Waals surface area contributed by atoms with Crippen molar-refractivity contribution >= 4 is 11.3 Å². The van der Waals surface area contributed by atoms with Gasteiger partial charge in [0.05, 0.1) is 11.7 Å². The Kier molecular flexibility index (Phi) is 3.87. The predicted octanol–water partition coefficient (Wildman–Crippen LogP) is 2.20. The number of nitrogens with zero attached hydrogens (tertiary/aromatic N) is 3. The van der Waals surface area contributed by atoms with Gasteiger partial charge in [-0.3, -0.25) is 4.90 Å². The number of hydrogen-bond acceptors (Lipinski definition) is 5. The maximum Gasteiger partial charge on any atom is 0.115 e. The number of hydrogen-bond donors (Lipinski definition) is 1. The van der Waals surface area contributed by atoms with Crippen LogP contribution in [0.25, 0.3) is 0 Å². The molecule has 0 radical (unpaired) electrons. The molecule has 4 nitrogen and oxygen atoms in total. The van der Waals surface area contributed by atoms with Crippen molar-refractivity contribution < 1.29 is 0 Å². The average molecular weight is 274 g/mol. The van der Waals surface area contributed by atoms with Crippen molar-refractivity contribution in [2.24, 2.45) is 5.73 Å². The molecule has 2 N–H and O–H groups in total. The Labute approximate surface area is 117 Å². The summed E-state index contributed by atoms with van der Waals surface area (Å²) in [5, 5.41) is 2.13. The summed E-state index contributed by atoms with van der Waals surface area (Å²) >= 11 is 1.80. The van der Waals surface area contributed by atoms with Gasteiger partial charge in [0.2, 0.25) is 0 Å². The van der Waals surface area contributed by atoms with E-state index in [0.29, 0.717) is 12.6 Å². The molecule has 0 saturated heterocycles. The normalized spacial score (nSPS) is 16.7. The lowest BCUT2D eigenvalue weighted by molar-refractivity contribution is 0.180. The minimum absolute atomic E-state index is 0.192. The summed E-state index contributed by atoms with van der Waals surface area (Å²) in [4.78, 5) is 12.3. The monoisotopic (exact) mass is 274 g/mol. The molecule has 100 valence electrons. The molecule has 2 heterocycles. The first-order valence-corrected chi connectivity index (χ1v) is 7.50. The second kappa shape index (κ2) is 5.77. The summed E-state index contributed by atoms with van der Waals surface area (Å²) in [6.45, 7) is 1.56. The van der Waals surface area contributed by atoms with Crippen LogP contribution in [-0.4, -0.2) is 27.5 Å². The summed E-state index contributed by atoms with van der Waals surface area (Å²) < 4.78 is 0. The Morgan fingerprint density at radius 1 is 1.42 bits per heavy atom. The Morgan fingerprint density at radius 2 is 2.32 bits per heavy atom. The molecule has 0 spiro atoms. The lowest BCUT2D eigenvalue weighted by Crippen LogP contribution is -2.35. The number of nitrogens with two attached hydrogens (primary N) is 1. The molecule has 3 rings (SSSR count).